The first-order chi connectivity index (χ1) is 9.70. The molecule has 1 aromatic rings. The third-order valence-electron chi connectivity index (χ3n) is 4.28. The van der Waals surface area contributed by atoms with Crippen LogP contribution in [0.4, 0.5) is 0 Å². The van der Waals surface area contributed by atoms with E-state index in [2.05, 4.69) is 18.3 Å². The van der Waals surface area contributed by atoms with Gasteiger partial charge in [0.25, 0.3) is 0 Å². The van der Waals surface area contributed by atoms with Gasteiger partial charge in [-0.05, 0) is 38.0 Å². The second kappa shape index (κ2) is 5.62. The average molecular weight is 277 g/mol. The first kappa shape index (κ1) is 13.7. The van der Waals surface area contributed by atoms with Gasteiger partial charge in [0.2, 0.25) is 0 Å². The van der Waals surface area contributed by atoms with E-state index < -0.39 is 0 Å². The summed E-state index contributed by atoms with van der Waals surface area (Å²) in [4.78, 5) is 0. The molecule has 2 aliphatic heterocycles. The molecule has 20 heavy (non-hydrogen) atoms. The van der Waals surface area contributed by atoms with Gasteiger partial charge in [0.05, 0.1) is 19.3 Å². The normalized spacial score (nSPS) is 28.8. The molecule has 0 radical (unpaired) electrons. The Balaban J connectivity index is 1.72. The zero-order chi connectivity index (χ0) is 14.0. The first-order valence-corrected chi connectivity index (χ1v) is 7.38. The summed E-state index contributed by atoms with van der Waals surface area (Å²) in [6.07, 6.45) is 3.28. The van der Waals surface area contributed by atoms with Crippen LogP contribution in [0.1, 0.15) is 37.8 Å². The van der Waals surface area contributed by atoms with Crippen LogP contribution < -0.4 is 14.8 Å². The largest absolute Gasteiger partial charge is 0.497 e. The summed E-state index contributed by atoms with van der Waals surface area (Å²) in [5, 5.41) is 3.65. The highest BCUT2D eigenvalue weighted by atomic mass is 16.5. The predicted molar refractivity (Wildman–Crippen MR) is 77.4 cm³/mol. The van der Waals surface area contributed by atoms with Crippen molar-refractivity contribution in [1.29, 1.82) is 0 Å². The highest BCUT2D eigenvalue weighted by Gasteiger charge is 2.31. The lowest BCUT2D eigenvalue weighted by atomic mass is 9.97. The zero-order valence-corrected chi connectivity index (χ0v) is 12.3. The maximum atomic E-state index is 5.85. The van der Waals surface area contributed by atoms with Gasteiger partial charge in [-0.15, -0.1) is 0 Å². The number of nitrogens with one attached hydrogen (secondary N) is 1. The van der Waals surface area contributed by atoms with E-state index in [4.69, 9.17) is 14.2 Å². The van der Waals surface area contributed by atoms with Crippen molar-refractivity contribution in [3.05, 3.63) is 23.8 Å². The van der Waals surface area contributed by atoms with E-state index in [1.54, 1.807) is 7.11 Å². The third-order valence-corrected chi connectivity index (χ3v) is 4.28. The second-order valence-corrected chi connectivity index (χ2v) is 5.88. The van der Waals surface area contributed by atoms with Crippen molar-refractivity contribution in [2.75, 3.05) is 26.9 Å². The lowest BCUT2D eigenvalue weighted by molar-refractivity contribution is 0.0176. The van der Waals surface area contributed by atoms with Gasteiger partial charge in [-0.3, -0.25) is 0 Å². The quantitative estimate of drug-likeness (QED) is 0.918. The van der Waals surface area contributed by atoms with Crippen molar-refractivity contribution in [2.24, 2.45) is 0 Å². The van der Waals surface area contributed by atoms with Crippen LogP contribution >= 0.6 is 0 Å². The van der Waals surface area contributed by atoms with Crippen molar-refractivity contribution in [1.82, 2.24) is 5.32 Å². The number of rotatable bonds is 4. The zero-order valence-electron chi connectivity index (χ0n) is 12.3. The van der Waals surface area contributed by atoms with E-state index in [1.165, 1.54) is 5.56 Å². The van der Waals surface area contributed by atoms with Gasteiger partial charge >= 0.3 is 0 Å². The van der Waals surface area contributed by atoms with Crippen molar-refractivity contribution < 1.29 is 14.2 Å². The fourth-order valence-electron chi connectivity index (χ4n) is 3.03. The Morgan fingerprint density at radius 3 is 3.05 bits per heavy atom. The molecule has 3 rings (SSSR count). The molecule has 0 bridgehead atoms. The Hall–Kier alpha value is -1.26. The van der Waals surface area contributed by atoms with Crippen LogP contribution in [0.5, 0.6) is 11.5 Å². The number of fused-ring (bicyclic) bond motifs is 1. The smallest absolute Gasteiger partial charge is 0.124 e. The Kier molecular flexibility index (Phi) is 3.85. The molecule has 2 atom stereocenters. The van der Waals surface area contributed by atoms with Crippen LogP contribution in [-0.4, -0.2) is 32.5 Å². The van der Waals surface area contributed by atoms with E-state index >= 15 is 0 Å². The molecule has 1 aromatic carbocycles. The minimum atomic E-state index is -0.0165. The van der Waals surface area contributed by atoms with Crippen LogP contribution in [0.25, 0.3) is 0 Å². The standard InChI is InChI=1S/C16H23NO3/c1-16(7-3-8-20-16)11-17-14-6-9-19-15-5-4-12(18-2)10-13(14)15/h4-5,10,14,17H,3,6-9,11H2,1-2H3. The molecular weight excluding hydrogens is 254 g/mol. The number of benzene rings is 1. The Labute approximate surface area is 120 Å². The fraction of sp³-hybridized carbons (Fsp3) is 0.625. The summed E-state index contributed by atoms with van der Waals surface area (Å²) in [7, 11) is 1.70. The van der Waals surface area contributed by atoms with E-state index in [-0.39, 0.29) is 5.60 Å². The molecule has 0 spiro atoms. The Morgan fingerprint density at radius 1 is 1.40 bits per heavy atom. The van der Waals surface area contributed by atoms with Crippen molar-refractivity contribution >= 4 is 0 Å². The molecule has 110 valence electrons. The molecule has 0 amide bonds. The number of hydrogen-bond donors (Lipinski definition) is 1. The topological polar surface area (TPSA) is 39.7 Å². The molecule has 4 nitrogen and oxygen atoms in total. The van der Waals surface area contributed by atoms with Crippen LogP contribution in [0.2, 0.25) is 0 Å². The van der Waals surface area contributed by atoms with Gasteiger partial charge in [0.15, 0.2) is 0 Å². The van der Waals surface area contributed by atoms with Gasteiger partial charge in [0.1, 0.15) is 11.5 Å². The summed E-state index contributed by atoms with van der Waals surface area (Å²) in [6.45, 7) is 4.72. The van der Waals surface area contributed by atoms with Crippen molar-refractivity contribution in [2.45, 2.75) is 37.8 Å². The summed E-state index contributed by atoms with van der Waals surface area (Å²) in [5.74, 6) is 1.84. The van der Waals surface area contributed by atoms with Crippen molar-refractivity contribution in [3.63, 3.8) is 0 Å². The molecule has 2 aliphatic rings. The molecule has 1 saturated heterocycles. The summed E-state index contributed by atoms with van der Waals surface area (Å²) >= 11 is 0. The summed E-state index contributed by atoms with van der Waals surface area (Å²) in [6, 6.07) is 6.33. The van der Waals surface area contributed by atoms with Crippen LogP contribution in [0.3, 0.4) is 0 Å². The highest BCUT2D eigenvalue weighted by Crippen LogP contribution is 2.35. The molecule has 0 aliphatic carbocycles. The van der Waals surface area contributed by atoms with E-state index in [9.17, 15) is 0 Å². The second-order valence-electron chi connectivity index (χ2n) is 5.88. The summed E-state index contributed by atoms with van der Waals surface area (Å²) in [5.41, 5.74) is 1.18. The van der Waals surface area contributed by atoms with E-state index in [1.807, 2.05) is 12.1 Å². The van der Waals surface area contributed by atoms with Gasteiger partial charge < -0.3 is 19.5 Å². The maximum absolute atomic E-state index is 5.85. The van der Waals surface area contributed by atoms with Gasteiger partial charge in [0, 0.05) is 31.2 Å². The summed E-state index contributed by atoms with van der Waals surface area (Å²) < 4.78 is 16.9. The van der Waals surface area contributed by atoms with Crippen LogP contribution in [-0.2, 0) is 4.74 Å². The van der Waals surface area contributed by atoms with Crippen LogP contribution in [0.15, 0.2) is 18.2 Å². The van der Waals surface area contributed by atoms with Gasteiger partial charge in [-0.1, -0.05) is 0 Å². The van der Waals surface area contributed by atoms with Crippen molar-refractivity contribution in [3.8, 4) is 11.5 Å². The molecule has 0 aromatic heterocycles. The van der Waals surface area contributed by atoms with Gasteiger partial charge in [-0.25, -0.2) is 0 Å². The fourth-order valence-corrected chi connectivity index (χ4v) is 3.03. The third kappa shape index (κ3) is 2.76. The molecule has 4 heteroatoms. The molecule has 1 N–H and O–H groups in total. The molecular formula is C16H23NO3. The number of methoxy groups -OCH3 is 1. The number of ether oxygens (including phenoxy) is 3. The lowest BCUT2D eigenvalue weighted by Crippen LogP contribution is -2.40. The minimum Gasteiger partial charge on any atom is -0.497 e. The van der Waals surface area contributed by atoms with E-state index in [0.29, 0.717) is 6.04 Å². The average Bonchev–Trinajstić information content (AvgIpc) is 2.91. The lowest BCUT2D eigenvalue weighted by Gasteiger charge is -2.31. The maximum Gasteiger partial charge on any atom is 0.124 e. The minimum absolute atomic E-state index is 0.0165. The molecule has 1 fully saturated rings. The molecule has 2 heterocycles. The monoisotopic (exact) mass is 277 g/mol. The molecule has 2 unspecified atom stereocenters. The van der Waals surface area contributed by atoms with Crippen LogP contribution in [0, 0.1) is 0 Å². The first-order valence-electron chi connectivity index (χ1n) is 7.38. The van der Waals surface area contributed by atoms with E-state index in [0.717, 1.165) is 50.5 Å². The highest BCUT2D eigenvalue weighted by molar-refractivity contribution is 5.43. The molecule has 0 saturated carbocycles. The van der Waals surface area contributed by atoms with Gasteiger partial charge in [-0.2, -0.15) is 0 Å². The SMILES string of the molecule is COc1ccc2c(c1)C(NCC1(C)CCCO1)CCO2. The predicted octanol–water partition coefficient (Wildman–Crippen LogP) is 2.68. The number of hydrogen-bond acceptors (Lipinski definition) is 4. The Morgan fingerprint density at radius 2 is 2.30 bits per heavy atom. The Bertz CT molecular complexity index is 469.